The van der Waals surface area contributed by atoms with Crippen LogP contribution >= 0.6 is 15.9 Å². The lowest BCUT2D eigenvalue weighted by molar-refractivity contribution is 0.0517. The Hall–Kier alpha value is -0.840. The van der Waals surface area contributed by atoms with E-state index in [1.807, 2.05) is 0 Å². The molecule has 0 amide bonds. The third kappa shape index (κ3) is 1.85. The highest BCUT2D eigenvalue weighted by molar-refractivity contribution is 9.10. The van der Waals surface area contributed by atoms with E-state index in [0.717, 1.165) is 0 Å². The molecule has 0 atom stereocenters. The molecule has 0 saturated heterocycles. The molecule has 1 heterocycles. The first kappa shape index (κ1) is 9.25. The quantitative estimate of drug-likeness (QED) is 0.724. The molecule has 0 unspecified atom stereocenters. The summed E-state index contributed by atoms with van der Waals surface area (Å²) in [5.74, 6) is -0.398. The molecule has 0 aliphatic carbocycles. The van der Waals surface area contributed by atoms with Crippen molar-refractivity contribution in [1.29, 1.82) is 0 Å². The molecule has 1 aromatic heterocycles. The number of carbonyl (C=O) groups is 1. The van der Waals surface area contributed by atoms with Crippen molar-refractivity contribution >= 4 is 21.9 Å². The van der Waals surface area contributed by atoms with Gasteiger partial charge in [-0.2, -0.15) is 5.10 Å². The first-order valence-electron chi connectivity index (χ1n) is 3.51. The van der Waals surface area contributed by atoms with Gasteiger partial charge in [0.25, 0.3) is 0 Å². The van der Waals surface area contributed by atoms with Crippen LogP contribution in [-0.2, 0) is 11.8 Å². The normalized spacial score (nSPS) is 9.92. The van der Waals surface area contributed by atoms with Crippen LogP contribution in [0, 0.1) is 0 Å². The summed E-state index contributed by atoms with van der Waals surface area (Å²) in [4.78, 5) is 11.2. The van der Waals surface area contributed by atoms with Gasteiger partial charge < -0.3 is 4.74 Å². The third-order valence-corrected chi connectivity index (χ3v) is 1.83. The smallest absolute Gasteiger partial charge is 0.360 e. The van der Waals surface area contributed by atoms with E-state index in [1.54, 1.807) is 24.9 Å². The molecule has 0 fully saturated rings. The highest BCUT2D eigenvalue weighted by Crippen LogP contribution is 2.14. The highest BCUT2D eigenvalue weighted by Gasteiger charge is 2.14. The monoisotopic (exact) mass is 232 g/mol. The second-order valence-electron chi connectivity index (χ2n) is 2.22. The summed E-state index contributed by atoms with van der Waals surface area (Å²) in [6, 6.07) is 0. The summed E-state index contributed by atoms with van der Waals surface area (Å²) in [6.07, 6.45) is 1.70. The Kier molecular flexibility index (Phi) is 2.86. The van der Waals surface area contributed by atoms with Crippen molar-refractivity contribution in [3.8, 4) is 0 Å². The second kappa shape index (κ2) is 3.71. The molecule has 66 valence electrons. The van der Waals surface area contributed by atoms with Crippen LogP contribution in [0.4, 0.5) is 0 Å². The molecular weight excluding hydrogens is 224 g/mol. The van der Waals surface area contributed by atoms with Gasteiger partial charge in [-0.25, -0.2) is 4.79 Å². The average molecular weight is 233 g/mol. The van der Waals surface area contributed by atoms with Crippen LogP contribution in [-0.4, -0.2) is 22.4 Å². The molecule has 0 bridgehead atoms. The maximum Gasteiger partial charge on any atom is 0.360 e. The van der Waals surface area contributed by atoms with Crippen molar-refractivity contribution in [3.05, 3.63) is 16.4 Å². The minimum Gasteiger partial charge on any atom is -0.461 e. The molecule has 0 spiro atoms. The standard InChI is InChI=1S/C7H9BrN2O2/c1-3-12-7(11)6-5(8)4-10(2)9-6/h4H,3H2,1-2H3. The van der Waals surface area contributed by atoms with Crippen LogP contribution in [0.2, 0.25) is 0 Å². The summed E-state index contributed by atoms with van der Waals surface area (Å²) < 4.78 is 6.99. The van der Waals surface area contributed by atoms with Crippen LogP contribution in [0.25, 0.3) is 0 Å². The number of esters is 1. The van der Waals surface area contributed by atoms with Crippen LogP contribution in [0.1, 0.15) is 17.4 Å². The van der Waals surface area contributed by atoms with Crippen LogP contribution < -0.4 is 0 Å². The van der Waals surface area contributed by atoms with E-state index in [2.05, 4.69) is 21.0 Å². The van der Waals surface area contributed by atoms with Crippen LogP contribution in [0.5, 0.6) is 0 Å². The number of ether oxygens (including phenoxy) is 1. The molecule has 0 N–H and O–H groups in total. The summed E-state index contributed by atoms with van der Waals surface area (Å²) in [6.45, 7) is 2.12. The maximum atomic E-state index is 11.2. The van der Waals surface area contributed by atoms with E-state index in [9.17, 15) is 4.79 Å². The largest absolute Gasteiger partial charge is 0.461 e. The van der Waals surface area contributed by atoms with Gasteiger partial charge >= 0.3 is 5.97 Å². The zero-order valence-corrected chi connectivity index (χ0v) is 8.46. The number of aryl methyl sites for hydroxylation is 1. The molecule has 0 aliphatic heterocycles. The number of carbonyl (C=O) groups excluding carboxylic acids is 1. The van der Waals surface area contributed by atoms with Gasteiger partial charge in [-0.3, -0.25) is 4.68 Å². The second-order valence-corrected chi connectivity index (χ2v) is 3.07. The summed E-state index contributed by atoms with van der Waals surface area (Å²) in [5, 5.41) is 3.92. The predicted octanol–water partition coefficient (Wildman–Crippen LogP) is 1.36. The first-order valence-corrected chi connectivity index (χ1v) is 4.30. The van der Waals surface area contributed by atoms with Crippen LogP contribution in [0.3, 0.4) is 0 Å². The fourth-order valence-electron chi connectivity index (χ4n) is 0.797. The van der Waals surface area contributed by atoms with Gasteiger partial charge in [0, 0.05) is 13.2 Å². The van der Waals surface area contributed by atoms with E-state index >= 15 is 0 Å². The Balaban J connectivity index is 2.87. The zero-order valence-electron chi connectivity index (χ0n) is 6.87. The molecule has 0 radical (unpaired) electrons. The van der Waals surface area contributed by atoms with E-state index in [1.165, 1.54) is 0 Å². The van der Waals surface area contributed by atoms with Gasteiger partial charge in [-0.15, -0.1) is 0 Å². The number of hydrogen-bond donors (Lipinski definition) is 0. The average Bonchev–Trinajstić information content (AvgIpc) is 2.30. The van der Waals surface area contributed by atoms with Gasteiger partial charge in [0.1, 0.15) is 0 Å². The molecule has 1 aromatic rings. The van der Waals surface area contributed by atoms with Crippen molar-refractivity contribution in [1.82, 2.24) is 9.78 Å². The molecule has 1 rings (SSSR count). The van der Waals surface area contributed by atoms with Gasteiger partial charge in [0.05, 0.1) is 11.1 Å². The van der Waals surface area contributed by atoms with Crippen molar-refractivity contribution < 1.29 is 9.53 Å². The van der Waals surface area contributed by atoms with Crippen molar-refractivity contribution in [2.24, 2.45) is 7.05 Å². The Morgan fingerprint density at radius 2 is 2.50 bits per heavy atom. The Morgan fingerprint density at radius 3 is 2.92 bits per heavy atom. The Morgan fingerprint density at radius 1 is 1.83 bits per heavy atom. The van der Waals surface area contributed by atoms with Gasteiger partial charge in [-0.05, 0) is 22.9 Å². The number of rotatable bonds is 2. The molecule has 0 aromatic carbocycles. The third-order valence-electron chi connectivity index (χ3n) is 1.25. The molecule has 0 aliphatic rings. The van der Waals surface area contributed by atoms with E-state index < -0.39 is 5.97 Å². The van der Waals surface area contributed by atoms with E-state index in [-0.39, 0.29) is 0 Å². The minimum absolute atomic E-state index is 0.319. The van der Waals surface area contributed by atoms with Crippen molar-refractivity contribution in [2.45, 2.75) is 6.92 Å². The number of aromatic nitrogens is 2. The van der Waals surface area contributed by atoms with Crippen molar-refractivity contribution in [3.63, 3.8) is 0 Å². The number of nitrogens with zero attached hydrogens (tertiary/aromatic N) is 2. The molecule has 12 heavy (non-hydrogen) atoms. The number of hydrogen-bond acceptors (Lipinski definition) is 3. The summed E-state index contributed by atoms with van der Waals surface area (Å²) >= 11 is 3.20. The first-order chi connectivity index (χ1) is 5.65. The molecular formula is C7H9BrN2O2. The highest BCUT2D eigenvalue weighted by atomic mass is 79.9. The molecule has 4 nitrogen and oxygen atoms in total. The lowest BCUT2D eigenvalue weighted by Gasteiger charge is -1.96. The van der Waals surface area contributed by atoms with Gasteiger partial charge in [0.15, 0.2) is 5.69 Å². The molecule has 5 heteroatoms. The van der Waals surface area contributed by atoms with E-state index in [0.29, 0.717) is 16.8 Å². The maximum absolute atomic E-state index is 11.2. The van der Waals surface area contributed by atoms with Crippen molar-refractivity contribution in [2.75, 3.05) is 6.61 Å². The zero-order chi connectivity index (χ0) is 9.14. The lowest BCUT2D eigenvalue weighted by atomic mass is 10.4. The topological polar surface area (TPSA) is 44.1 Å². The van der Waals surface area contributed by atoms with E-state index in [4.69, 9.17) is 4.74 Å². The Bertz CT molecular complexity index is 296. The van der Waals surface area contributed by atoms with Crippen LogP contribution in [0.15, 0.2) is 10.7 Å². The summed E-state index contributed by atoms with van der Waals surface area (Å²) in [5.41, 5.74) is 0.319. The predicted molar refractivity (Wildman–Crippen MR) is 46.9 cm³/mol. The van der Waals surface area contributed by atoms with Gasteiger partial charge in [0.2, 0.25) is 0 Å². The minimum atomic E-state index is -0.398. The number of halogens is 1. The fraction of sp³-hybridized carbons (Fsp3) is 0.429. The fourth-order valence-corrected chi connectivity index (χ4v) is 1.33. The molecule has 0 saturated carbocycles. The summed E-state index contributed by atoms with van der Waals surface area (Å²) in [7, 11) is 1.74. The lowest BCUT2D eigenvalue weighted by Crippen LogP contribution is -2.06. The Labute approximate surface area is 78.6 Å². The van der Waals surface area contributed by atoms with Gasteiger partial charge in [-0.1, -0.05) is 0 Å². The SMILES string of the molecule is CCOC(=O)c1nn(C)cc1Br.